The Labute approximate surface area is 140 Å². The van der Waals surface area contributed by atoms with E-state index in [1.54, 1.807) is 18.9 Å². The first-order valence-corrected chi connectivity index (χ1v) is 8.09. The van der Waals surface area contributed by atoms with E-state index in [1.807, 2.05) is 36.4 Å². The highest BCUT2D eigenvalue weighted by atomic mass is 16.6. The molecule has 0 aromatic heterocycles. The lowest BCUT2D eigenvalue weighted by Crippen LogP contribution is -2.40. The molecule has 2 saturated heterocycles. The molecule has 126 valence electrons. The zero-order valence-electron chi connectivity index (χ0n) is 13.6. The average molecular weight is 329 g/mol. The van der Waals surface area contributed by atoms with Crippen molar-refractivity contribution >= 4 is 17.6 Å². The van der Waals surface area contributed by atoms with Gasteiger partial charge in [-0.1, -0.05) is 24.3 Å². The fourth-order valence-corrected chi connectivity index (χ4v) is 4.06. The van der Waals surface area contributed by atoms with Crippen LogP contribution in [0.25, 0.3) is 0 Å². The van der Waals surface area contributed by atoms with Crippen molar-refractivity contribution in [1.29, 1.82) is 0 Å². The van der Waals surface area contributed by atoms with Crippen LogP contribution in [0.4, 0.5) is 5.69 Å². The first kappa shape index (κ1) is 15.2. The summed E-state index contributed by atoms with van der Waals surface area (Å²) in [7, 11) is 1.57. The number of para-hydroxylation sites is 2. The number of fused-ring (bicyclic) bond motifs is 1. The second-order valence-corrected chi connectivity index (χ2v) is 6.25. The molecule has 4 rings (SSSR count). The maximum Gasteiger partial charge on any atom is 0.312 e. The van der Waals surface area contributed by atoms with Gasteiger partial charge in [0.25, 0.3) is 0 Å². The van der Waals surface area contributed by atoms with Crippen LogP contribution in [0.2, 0.25) is 0 Å². The van der Waals surface area contributed by atoms with Crippen LogP contribution in [0, 0.1) is 11.8 Å². The molecule has 3 aliphatic heterocycles. The van der Waals surface area contributed by atoms with Gasteiger partial charge in [0.05, 0.1) is 38.0 Å². The van der Waals surface area contributed by atoms with Crippen LogP contribution < -0.4 is 9.64 Å². The van der Waals surface area contributed by atoms with Crippen LogP contribution in [0.1, 0.15) is 6.92 Å². The van der Waals surface area contributed by atoms with Crippen LogP contribution >= 0.6 is 0 Å². The number of rotatable bonds is 4. The molecular formula is C18H19NO5. The number of carbonyl (C=O) groups excluding carboxylic acids is 2. The second-order valence-electron chi connectivity index (χ2n) is 6.25. The molecule has 1 aromatic carbocycles. The predicted octanol–water partition coefficient (Wildman–Crippen LogP) is 1.54. The lowest BCUT2D eigenvalue weighted by atomic mass is 9.77. The number of anilines is 1. The summed E-state index contributed by atoms with van der Waals surface area (Å²) >= 11 is 0. The topological polar surface area (TPSA) is 65.1 Å². The van der Waals surface area contributed by atoms with Crippen LogP contribution in [0.3, 0.4) is 0 Å². The number of carbonyl (C=O) groups is 2. The van der Waals surface area contributed by atoms with Crippen molar-refractivity contribution in [2.45, 2.75) is 18.6 Å². The van der Waals surface area contributed by atoms with Crippen LogP contribution in [-0.4, -0.2) is 43.8 Å². The lowest BCUT2D eigenvalue weighted by Gasteiger charge is -2.22. The van der Waals surface area contributed by atoms with Gasteiger partial charge in [0, 0.05) is 0 Å². The normalized spacial score (nSPS) is 33.0. The Morgan fingerprint density at radius 2 is 2.21 bits per heavy atom. The summed E-state index contributed by atoms with van der Waals surface area (Å²) in [6.07, 6.45) is 3.42. The molecule has 3 aliphatic rings. The van der Waals surface area contributed by atoms with Gasteiger partial charge in [-0.05, 0) is 19.1 Å². The number of hydrogen-bond donors (Lipinski definition) is 0. The molecule has 0 radical (unpaired) electrons. The number of benzene rings is 1. The van der Waals surface area contributed by atoms with Crippen molar-refractivity contribution in [3.63, 3.8) is 0 Å². The number of ether oxygens (including phenoxy) is 3. The van der Waals surface area contributed by atoms with Gasteiger partial charge in [-0.2, -0.15) is 0 Å². The van der Waals surface area contributed by atoms with Gasteiger partial charge in [-0.3, -0.25) is 9.59 Å². The third-order valence-corrected chi connectivity index (χ3v) is 5.04. The van der Waals surface area contributed by atoms with E-state index in [0.717, 1.165) is 0 Å². The molecule has 24 heavy (non-hydrogen) atoms. The molecule has 4 atom stereocenters. The van der Waals surface area contributed by atoms with Gasteiger partial charge >= 0.3 is 5.97 Å². The van der Waals surface area contributed by atoms with Gasteiger partial charge in [-0.15, -0.1) is 0 Å². The molecule has 6 heteroatoms. The highest BCUT2D eigenvalue weighted by molar-refractivity contribution is 6.03. The molecular weight excluding hydrogens is 310 g/mol. The molecule has 1 amide bonds. The molecule has 0 saturated carbocycles. The maximum atomic E-state index is 13.1. The van der Waals surface area contributed by atoms with Crippen LogP contribution in [0.15, 0.2) is 36.4 Å². The van der Waals surface area contributed by atoms with Gasteiger partial charge in [0.1, 0.15) is 17.3 Å². The first-order chi connectivity index (χ1) is 11.6. The molecule has 3 heterocycles. The highest BCUT2D eigenvalue weighted by Crippen LogP contribution is 2.53. The highest BCUT2D eigenvalue weighted by Gasteiger charge is 2.67. The standard InChI is InChI=1S/C18H19NO5/c1-3-23-17(21)14-13-8-9-18(24-13)10-19(16(20)15(14)18)11-6-4-5-7-12(11)22-2/h4-9,13-15H,3,10H2,1-2H3/t13-,14-,15+,18+/m1/s1. The summed E-state index contributed by atoms with van der Waals surface area (Å²) < 4.78 is 16.6. The maximum absolute atomic E-state index is 13.1. The Hall–Kier alpha value is -2.34. The summed E-state index contributed by atoms with van der Waals surface area (Å²) in [6.45, 7) is 2.42. The largest absolute Gasteiger partial charge is 0.495 e. The van der Waals surface area contributed by atoms with E-state index in [4.69, 9.17) is 14.2 Å². The van der Waals surface area contributed by atoms with E-state index in [-0.39, 0.29) is 24.6 Å². The van der Waals surface area contributed by atoms with Crippen LogP contribution in [0.5, 0.6) is 5.75 Å². The van der Waals surface area contributed by atoms with Gasteiger partial charge in [-0.25, -0.2) is 0 Å². The zero-order chi connectivity index (χ0) is 16.9. The van der Waals surface area contributed by atoms with E-state index in [1.165, 1.54) is 0 Å². The molecule has 1 aromatic rings. The quantitative estimate of drug-likeness (QED) is 0.619. The molecule has 0 N–H and O–H groups in total. The minimum atomic E-state index is -0.750. The zero-order valence-corrected chi connectivity index (χ0v) is 13.6. The molecule has 0 unspecified atom stereocenters. The Kier molecular flexibility index (Phi) is 3.38. The van der Waals surface area contributed by atoms with Crippen molar-refractivity contribution in [2.75, 3.05) is 25.2 Å². The fourth-order valence-electron chi connectivity index (χ4n) is 4.06. The van der Waals surface area contributed by atoms with Crippen molar-refractivity contribution < 1.29 is 23.8 Å². The van der Waals surface area contributed by atoms with Crippen molar-refractivity contribution in [3.05, 3.63) is 36.4 Å². The Bertz CT molecular complexity index is 730. The molecule has 1 spiro atoms. The summed E-state index contributed by atoms with van der Waals surface area (Å²) in [5.41, 5.74) is -0.0585. The van der Waals surface area contributed by atoms with Crippen LogP contribution in [-0.2, 0) is 19.1 Å². The minimum absolute atomic E-state index is 0.121. The molecule has 2 fully saturated rings. The Morgan fingerprint density at radius 3 is 2.96 bits per heavy atom. The number of esters is 1. The summed E-state index contributed by atoms with van der Waals surface area (Å²) in [5.74, 6) is -0.995. The van der Waals surface area contributed by atoms with Gasteiger partial charge < -0.3 is 19.1 Å². The van der Waals surface area contributed by atoms with E-state index >= 15 is 0 Å². The lowest BCUT2D eigenvalue weighted by molar-refractivity contribution is -0.151. The number of nitrogens with zero attached hydrogens (tertiary/aromatic N) is 1. The summed E-state index contributed by atoms with van der Waals surface area (Å²) in [5, 5.41) is 0. The van der Waals surface area contributed by atoms with Crippen molar-refractivity contribution in [1.82, 2.24) is 0 Å². The minimum Gasteiger partial charge on any atom is -0.495 e. The Balaban J connectivity index is 1.71. The Morgan fingerprint density at radius 1 is 1.42 bits per heavy atom. The molecule has 2 bridgehead atoms. The number of methoxy groups -OCH3 is 1. The van der Waals surface area contributed by atoms with Gasteiger partial charge in [0.2, 0.25) is 5.91 Å². The van der Waals surface area contributed by atoms with E-state index in [0.29, 0.717) is 18.0 Å². The smallest absolute Gasteiger partial charge is 0.312 e. The summed E-state index contributed by atoms with van der Waals surface area (Å²) in [4.78, 5) is 27.1. The van der Waals surface area contributed by atoms with E-state index in [2.05, 4.69) is 0 Å². The average Bonchev–Trinajstić information content (AvgIpc) is 3.23. The number of hydrogen-bond acceptors (Lipinski definition) is 5. The van der Waals surface area contributed by atoms with E-state index < -0.39 is 17.4 Å². The monoisotopic (exact) mass is 329 g/mol. The summed E-state index contributed by atoms with van der Waals surface area (Å²) in [6, 6.07) is 7.36. The van der Waals surface area contributed by atoms with Crippen molar-refractivity contribution in [3.8, 4) is 5.75 Å². The van der Waals surface area contributed by atoms with Gasteiger partial charge in [0.15, 0.2) is 0 Å². The first-order valence-electron chi connectivity index (χ1n) is 8.09. The predicted molar refractivity (Wildman–Crippen MR) is 85.7 cm³/mol. The van der Waals surface area contributed by atoms with E-state index in [9.17, 15) is 9.59 Å². The fraction of sp³-hybridized carbons (Fsp3) is 0.444. The second kappa shape index (κ2) is 5.34. The molecule has 0 aliphatic carbocycles. The third kappa shape index (κ3) is 1.92. The SMILES string of the molecule is CCOC(=O)[C@H]1[C@H]2C(=O)N(c3ccccc3OC)C[C@@]23C=C[C@H]1O3. The number of amides is 1. The molecule has 6 nitrogen and oxygen atoms in total. The van der Waals surface area contributed by atoms with Crippen molar-refractivity contribution in [2.24, 2.45) is 11.8 Å². The third-order valence-electron chi connectivity index (χ3n) is 5.04.